The Morgan fingerprint density at radius 1 is 0.960 bits per heavy atom. The molecule has 4 rings (SSSR count). The maximum atomic E-state index is 5.45. The third-order valence-electron chi connectivity index (χ3n) is 4.05. The van der Waals surface area contributed by atoms with Crippen molar-refractivity contribution in [1.29, 1.82) is 0 Å². The van der Waals surface area contributed by atoms with E-state index >= 15 is 0 Å². The topological polar surface area (TPSA) is 49.8 Å². The molecule has 2 heterocycles. The maximum Gasteiger partial charge on any atom is 0.231 e. The zero-order valence-electron chi connectivity index (χ0n) is 14.0. The lowest BCUT2D eigenvalue weighted by atomic mass is 10.1. The Kier molecular flexibility index (Phi) is 3.90. The molecule has 0 unspecified atom stereocenters. The summed E-state index contributed by atoms with van der Waals surface area (Å²) in [6, 6.07) is 13.7. The van der Waals surface area contributed by atoms with Crippen molar-refractivity contribution in [2.24, 2.45) is 0 Å². The van der Waals surface area contributed by atoms with Crippen LogP contribution in [0.25, 0.3) is 23.1 Å². The quantitative estimate of drug-likeness (QED) is 0.717. The number of nitrogens with zero attached hydrogens (tertiary/aromatic N) is 1. The fourth-order valence-corrected chi connectivity index (χ4v) is 2.82. The summed E-state index contributed by atoms with van der Waals surface area (Å²) >= 11 is 0. The first-order valence-corrected chi connectivity index (χ1v) is 7.88. The molecule has 2 aromatic carbocycles. The van der Waals surface area contributed by atoms with Gasteiger partial charge in [-0.3, -0.25) is 0 Å². The van der Waals surface area contributed by atoms with Crippen molar-refractivity contribution >= 4 is 23.1 Å². The van der Waals surface area contributed by atoms with Crippen LogP contribution in [0.2, 0.25) is 0 Å². The van der Waals surface area contributed by atoms with Crippen molar-refractivity contribution in [3.05, 3.63) is 53.7 Å². The molecule has 0 spiro atoms. The highest BCUT2D eigenvalue weighted by molar-refractivity contribution is 5.86. The molecule has 0 N–H and O–H groups in total. The van der Waals surface area contributed by atoms with Gasteiger partial charge in [-0.1, -0.05) is 24.3 Å². The van der Waals surface area contributed by atoms with Crippen LogP contribution in [0.5, 0.6) is 23.0 Å². The fourth-order valence-electron chi connectivity index (χ4n) is 2.82. The normalized spacial score (nSPS) is 12.7. The van der Waals surface area contributed by atoms with Crippen LogP contribution in [0, 0.1) is 0 Å². The second-order valence-electron chi connectivity index (χ2n) is 5.56. The van der Waals surface area contributed by atoms with Crippen LogP contribution >= 0.6 is 0 Å². The molecule has 0 saturated heterocycles. The van der Waals surface area contributed by atoms with Crippen molar-refractivity contribution in [2.75, 3.05) is 21.0 Å². The number of ether oxygens (including phenoxy) is 4. The Bertz CT molecular complexity index is 965. The monoisotopic (exact) mass is 335 g/mol. The minimum Gasteiger partial charge on any atom is -0.494 e. The van der Waals surface area contributed by atoms with Crippen LogP contribution in [0.4, 0.5) is 0 Å². The first-order chi connectivity index (χ1) is 12.3. The Morgan fingerprint density at radius 3 is 2.68 bits per heavy atom. The number of hydrogen-bond donors (Lipinski definition) is 0. The van der Waals surface area contributed by atoms with E-state index in [2.05, 4.69) is 4.98 Å². The lowest BCUT2D eigenvalue weighted by Gasteiger charge is -2.06. The smallest absolute Gasteiger partial charge is 0.231 e. The number of methoxy groups -OCH3 is 2. The molecule has 0 fully saturated rings. The summed E-state index contributed by atoms with van der Waals surface area (Å²) in [5, 5.41) is 1.04. The molecule has 1 aliphatic heterocycles. The van der Waals surface area contributed by atoms with Crippen LogP contribution in [0.3, 0.4) is 0 Å². The predicted octanol–water partition coefficient (Wildman–Crippen LogP) is 4.15. The average molecular weight is 335 g/mol. The molecule has 126 valence electrons. The highest BCUT2D eigenvalue weighted by atomic mass is 16.7. The number of fused-ring (bicyclic) bond motifs is 2. The molecule has 0 bridgehead atoms. The van der Waals surface area contributed by atoms with Gasteiger partial charge in [0.25, 0.3) is 0 Å². The summed E-state index contributed by atoms with van der Waals surface area (Å²) in [5.74, 6) is 2.75. The fraction of sp³-hybridized carbons (Fsp3) is 0.150. The van der Waals surface area contributed by atoms with Gasteiger partial charge in [0.15, 0.2) is 11.5 Å². The molecule has 5 heteroatoms. The minimum absolute atomic E-state index is 0.213. The second kappa shape index (κ2) is 6.36. The van der Waals surface area contributed by atoms with Crippen molar-refractivity contribution in [3.8, 4) is 23.0 Å². The molecular formula is C20H17NO4. The van der Waals surface area contributed by atoms with Crippen molar-refractivity contribution in [2.45, 2.75) is 0 Å². The zero-order valence-corrected chi connectivity index (χ0v) is 14.0. The number of pyridine rings is 1. The van der Waals surface area contributed by atoms with Crippen LogP contribution < -0.4 is 18.9 Å². The summed E-state index contributed by atoms with van der Waals surface area (Å²) in [4.78, 5) is 4.68. The standard InChI is InChI=1S/C20H17NO4/c1-22-16-5-3-4-14-7-9-15(21-19(14)16)8-6-13-10-17(23-2)20-18(11-13)24-12-25-20/h3-11H,12H2,1-2H3. The number of para-hydroxylation sites is 1. The van der Waals surface area contributed by atoms with E-state index < -0.39 is 0 Å². The lowest BCUT2D eigenvalue weighted by molar-refractivity contribution is 0.171. The third-order valence-corrected chi connectivity index (χ3v) is 4.05. The number of benzene rings is 2. The van der Waals surface area contributed by atoms with E-state index in [1.165, 1.54) is 0 Å². The molecule has 25 heavy (non-hydrogen) atoms. The SMILES string of the molecule is COc1cc(C=Cc2ccc3cccc(OC)c3n2)cc2c1OCO2. The number of rotatable bonds is 4. The van der Waals surface area contributed by atoms with Crippen LogP contribution in [-0.4, -0.2) is 26.0 Å². The number of hydrogen-bond acceptors (Lipinski definition) is 5. The summed E-state index contributed by atoms with van der Waals surface area (Å²) in [6.07, 6.45) is 3.91. The van der Waals surface area contributed by atoms with Crippen LogP contribution in [0.1, 0.15) is 11.3 Å². The largest absolute Gasteiger partial charge is 0.494 e. The Balaban J connectivity index is 1.69. The van der Waals surface area contributed by atoms with E-state index in [-0.39, 0.29) is 6.79 Å². The summed E-state index contributed by atoms with van der Waals surface area (Å²) in [5.41, 5.74) is 2.63. The summed E-state index contributed by atoms with van der Waals surface area (Å²) < 4.78 is 21.6. The highest BCUT2D eigenvalue weighted by Gasteiger charge is 2.19. The van der Waals surface area contributed by atoms with Gasteiger partial charge in [-0.25, -0.2) is 4.98 Å². The number of aromatic nitrogens is 1. The van der Waals surface area contributed by atoms with Crippen molar-refractivity contribution in [1.82, 2.24) is 4.98 Å². The van der Waals surface area contributed by atoms with Crippen LogP contribution in [0.15, 0.2) is 42.5 Å². The Hall–Kier alpha value is -3.21. The summed E-state index contributed by atoms with van der Waals surface area (Å²) in [7, 11) is 3.26. The van der Waals surface area contributed by atoms with E-state index in [0.29, 0.717) is 17.2 Å². The van der Waals surface area contributed by atoms with Gasteiger partial charge in [-0.05, 0) is 35.9 Å². The van der Waals surface area contributed by atoms with Gasteiger partial charge >= 0.3 is 0 Å². The molecule has 0 atom stereocenters. The van der Waals surface area contributed by atoms with Crippen LogP contribution in [-0.2, 0) is 0 Å². The Labute approximate surface area is 145 Å². The second-order valence-corrected chi connectivity index (χ2v) is 5.56. The van der Waals surface area contributed by atoms with Gasteiger partial charge < -0.3 is 18.9 Å². The molecular weight excluding hydrogens is 318 g/mol. The third kappa shape index (κ3) is 2.85. The maximum absolute atomic E-state index is 5.45. The molecule has 1 aliphatic rings. The van der Waals surface area contributed by atoms with E-state index in [4.69, 9.17) is 18.9 Å². The van der Waals surface area contributed by atoms with E-state index in [0.717, 1.165) is 27.9 Å². The van der Waals surface area contributed by atoms with E-state index in [1.807, 2.05) is 54.6 Å². The average Bonchev–Trinajstić information content (AvgIpc) is 3.13. The molecule has 0 amide bonds. The first kappa shape index (κ1) is 15.3. The minimum atomic E-state index is 0.213. The predicted molar refractivity (Wildman–Crippen MR) is 96.3 cm³/mol. The molecule has 5 nitrogen and oxygen atoms in total. The lowest BCUT2D eigenvalue weighted by Crippen LogP contribution is -1.93. The van der Waals surface area contributed by atoms with E-state index in [1.54, 1.807) is 14.2 Å². The van der Waals surface area contributed by atoms with E-state index in [9.17, 15) is 0 Å². The summed E-state index contributed by atoms with van der Waals surface area (Å²) in [6.45, 7) is 0.213. The molecule has 1 aromatic heterocycles. The van der Waals surface area contributed by atoms with Gasteiger partial charge in [-0.15, -0.1) is 0 Å². The van der Waals surface area contributed by atoms with Gasteiger partial charge in [0.1, 0.15) is 11.3 Å². The van der Waals surface area contributed by atoms with Gasteiger partial charge in [-0.2, -0.15) is 0 Å². The molecule has 0 aliphatic carbocycles. The highest BCUT2D eigenvalue weighted by Crippen LogP contribution is 2.42. The molecule has 0 saturated carbocycles. The van der Waals surface area contributed by atoms with Gasteiger partial charge in [0.05, 0.1) is 19.9 Å². The van der Waals surface area contributed by atoms with Crippen molar-refractivity contribution < 1.29 is 18.9 Å². The van der Waals surface area contributed by atoms with Crippen molar-refractivity contribution in [3.63, 3.8) is 0 Å². The molecule has 3 aromatic rings. The first-order valence-electron chi connectivity index (χ1n) is 7.88. The van der Waals surface area contributed by atoms with Gasteiger partial charge in [0.2, 0.25) is 12.5 Å². The molecule has 0 radical (unpaired) electrons. The zero-order chi connectivity index (χ0) is 17.2. The van der Waals surface area contributed by atoms with Gasteiger partial charge in [0, 0.05) is 5.39 Å². The Morgan fingerprint density at radius 2 is 1.84 bits per heavy atom.